The lowest BCUT2D eigenvalue weighted by Gasteiger charge is -2.21. The summed E-state index contributed by atoms with van der Waals surface area (Å²) in [7, 11) is 0. The number of nitrogens with two attached hydrogens (primary N) is 1. The van der Waals surface area contributed by atoms with Crippen LogP contribution in [0.15, 0.2) is 30.3 Å². The molecule has 0 aliphatic carbocycles. The van der Waals surface area contributed by atoms with Gasteiger partial charge in [-0.3, -0.25) is 0 Å². The minimum Gasteiger partial charge on any atom is -0.329 e. The van der Waals surface area contributed by atoms with Gasteiger partial charge in [0.15, 0.2) is 0 Å². The van der Waals surface area contributed by atoms with E-state index in [0.717, 1.165) is 19.5 Å². The minimum absolute atomic E-state index is 0.782. The SMILES string of the molecule is NCCN1CCCN(CCc2ccccc2)CC1. The van der Waals surface area contributed by atoms with Crippen molar-refractivity contribution >= 4 is 0 Å². The molecular formula is C15H25N3. The highest BCUT2D eigenvalue weighted by Gasteiger charge is 2.13. The van der Waals surface area contributed by atoms with Gasteiger partial charge < -0.3 is 15.5 Å². The molecule has 0 amide bonds. The summed E-state index contributed by atoms with van der Waals surface area (Å²) in [5.41, 5.74) is 7.07. The Morgan fingerprint density at radius 3 is 2.22 bits per heavy atom. The third-order valence-corrected chi connectivity index (χ3v) is 3.69. The minimum atomic E-state index is 0.782. The fourth-order valence-corrected chi connectivity index (χ4v) is 2.59. The Labute approximate surface area is 111 Å². The number of rotatable bonds is 5. The summed E-state index contributed by atoms with van der Waals surface area (Å²) in [6, 6.07) is 10.8. The van der Waals surface area contributed by atoms with E-state index in [0.29, 0.717) is 0 Å². The molecule has 0 aromatic heterocycles. The monoisotopic (exact) mass is 247 g/mol. The third-order valence-electron chi connectivity index (χ3n) is 3.69. The fourth-order valence-electron chi connectivity index (χ4n) is 2.59. The average molecular weight is 247 g/mol. The van der Waals surface area contributed by atoms with E-state index in [4.69, 9.17) is 5.73 Å². The van der Waals surface area contributed by atoms with Gasteiger partial charge in [0, 0.05) is 32.7 Å². The first-order chi connectivity index (χ1) is 8.88. The second kappa shape index (κ2) is 7.52. The van der Waals surface area contributed by atoms with Crippen LogP contribution in [0.3, 0.4) is 0 Å². The van der Waals surface area contributed by atoms with Gasteiger partial charge in [0.05, 0.1) is 0 Å². The molecule has 0 radical (unpaired) electrons. The van der Waals surface area contributed by atoms with Crippen LogP contribution >= 0.6 is 0 Å². The van der Waals surface area contributed by atoms with Crippen LogP contribution in [0.25, 0.3) is 0 Å². The molecule has 1 aliphatic heterocycles. The quantitative estimate of drug-likeness (QED) is 0.848. The van der Waals surface area contributed by atoms with Crippen molar-refractivity contribution in [1.82, 2.24) is 9.80 Å². The first-order valence-electron chi connectivity index (χ1n) is 7.07. The van der Waals surface area contributed by atoms with Crippen LogP contribution in [-0.4, -0.2) is 55.6 Å². The Bertz CT molecular complexity index is 326. The Kier molecular flexibility index (Phi) is 5.65. The zero-order valence-electron chi connectivity index (χ0n) is 11.2. The molecule has 0 bridgehead atoms. The highest BCUT2D eigenvalue weighted by atomic mass is 15.2. The molecule has 2 rings (SSSR count). The van der Waals surface area contributed by atoms with Crippen LogP contribution in [0.2, 0.25) is 0 Å². The average Bonchev–Trinajstić information content (AvgIpc) is 2.64. The fraction of sp³-hybridized carbons (Fsp3) is 0.600. The molecule has 18 heavy (non-hydrogen) atoms. The summed E-state index contributed by atoms with van der Waals surface area (Å²) in [5.74, 6) is 0. The van der Waals surface area contributed by atoms with Crippen LogP contribution in [-0.2, 0) is 6.42 Å². The topological polar surface area (TPSA) is 32.5 Å². The number of benzene rings is 1. The third kappa shape index (κ3) is 4.41. The highest BCUT2D eigenvalue weighted by Crippen LogP contribution is 2.05. The van der Waals surface area contributed by atoms with Crippen molar-refractivity contribution in [1.29, 1.82) is 0 Å². The smallest absolute Gasteiger partial charge is 0.0110 e. The Morgan fingerprint density at radius 1 is 0.889 bits per heavy atom. The molecule has 3 heteroatoms. The zero-order valence-corrected chi connectivity index (χ0v) is 11.2. The highest BCUT2D eigenvalue weighted by molar-refractivity contribution is 5.14. The molecule has 3 nitrogen and oxygen atoms in total. The van der Waals surface area contributed by atoms with Crippen LogP contribution in [0.1, 0.15) is 12.0 Å². The Balaban J connectivity index is 1.73. The zero-order chi connectivity index (χ0) is 12.6. The molecule has 1 aliphatic rings. The van der Waals surface area contributed by atoms with Crippen LogP contribution in [0, 0.1) is 0 Å². The lowest BCUT2D eigenvalue weighted by molar-refractivity contribution is 0.262. The predicted molar refractivity (Wildman–Crippen MR) is 76.7 cm³/mol. The van der Waals surface area contributed by atoms with E-state index in [1.54, 1.807) is 0 Å². The van der Waals surface area contributed by atoms with Gasteiger partial charge in [-0.2, -0.15) is 0 Å². The normalized spacial score (nSPS) is 18.7. The summed E-state index contributed by atoms with van der Waals surface area (Å²) < 4.78 is 0. The van der Waals surface area contributed by atoms with Crippen molar-refractivity contribution in [2.45, 2.75) is 12.8 Å². The van der Waals surface area contributed by atoms with Crippen LogP contribution in [0.5, 0.6) is 0 Å². The van der Waals surface area contributed by atoms with Gasteiger partial charge in [0.1, 0.15) is 0 Å². The molecule has 1 fully saturated rings. The van der Waals surface area contributed by atoms with Gasteiger partial charge in [-0.05, 0) is 31.5 Å². The van der Waals surface area contributed by atoms with E-state index >= 15 is 0 Å². The van der Waals surface area contributed by atoms with E-state index in [2.05, 4.69) is 40.1 Å². The molecule has 100 valence electrons. The van der Waals surface area contributed by atoms with Gasteiger partial charge in [-0.1, -0.05) is 30.3 Å². The molecule has 1 saturated heterocycles. The molecule has 0 atom stereocenters. The van der Waals surface area contributed by atoms with E-state index < -0.39 is 0 Å². The van der Waals surface area contributed by atoms with E-state index in [1.807, 2.05) is 0 Å². The standard InChI is InChI=1S/C15H25N3/c16-8-12-18-10-4-9-17(13-14-18)11-7-15-5-2-1-3-6-15/h1-3,5-6H,4,7-14,16H2. The summed E-state index contributed by atoms with van der Waals surface area (Å²) >= 11 is 0. The molecule has 1 aromatic rings. The van der Waals surface area contributed by atoms with E-state index in [-0.39, 0.29) is 0 Å². The summed E-state index contributed by atoms with van der Waals surface area (Å²) in [6.07, 6.45) is 2.44. The van der Waals surface area contributed by atoms with Crippen molar-refractivity contribution in [3.8, 4) is 0 Å². The summed E-state index contributed by atoms with van der Waals surface area (Å²) in [6.45, 7) is 7.81. The molecule has 1 heterocycles. The molecule has 0 unspecified atom stereocenters. The summed E-state index contributed by atoms with van der Waals surface area (Å²) in [4.78, 5) is 5.08. The second-order valence-corrected chi connectivity index (χ2v) is 5.06. The van der Waals surface area contributed by atoms with E-state index in [9.17, 15) is 0 Å². The molecule has 0 saturated carbocycles. The van der Waals surface area contributed by atoms with Gasteiger partial charge in [0.25, 0.3) is 0 Å². The van der Waals surface area contributed by atoms with Gasteiger partial charge in [-0.15, -0.1) is 0 Å². The maximum atomic E-state index is 5.62. The van der Waals surface area contributed by atoms with Crippen LogP contribution < -0.4 is 5.73 Å². The first kappa shape index (κ1) is 13.5. The molecular weight excluding hydrogens is 222 g/mol. The predicted octanol–water partition coefficient (Wildman–Crippen LogP) is 1.20. The van der Waals surface area contributed by atoms with Gasteiger partial charge >= 0.3 is 0 Å². The van der Waals surface area contributed by atoms with Crippen molar-refractivity contribution in [2.24, 2.45) is 5.73 Å². The first-order valence-corrected chi connectivity index (χ1v) is 7.07. The largest absolute Gasteiger partial charge is 0.329 e. The number of hydrogen-bond acceptors (Lipinski definition) is 3. The Morgan fingerprint density at radius 2 is 1.56 bits per heavy atom. The van der Waals surface area contributed by atoms with Gasteiger partial charge in [-0.25, -0.2) is 0 Å². The van der Waals surface area contributed by atoms with Gasteiger partial charge in [0.2, 0.25) is 0 Å². The van der Waals surface area contributed by atoms with Crippen molar-refractivity contribution < 1.29 is 0 Å². The van der Waals surface area contributed by atoms with E-state index in [1.165, 1.54) is 44.7 Å². The van der Waals surface area contributed by atoms with Crippen molar-refractivity contribution in [3.63, 3.8) is 0 Å². The van der Waals surface area contributed by atoms with Crippen LogP contribution in [0.4, 0.5) is 0 Å². The van der Waals surface area contributed by atoms with Crippen molar-refractivity contribution in [2.75, 3.05) is 45.8 Å². The van der Waals surface area contributed by atoms with Crippen molar-refractivity contribution in [3.05, 3.63) is 35.9 Å². The maximum Gasteiger partial charge on any atom is 0.0110 e. The Hall–Kier alpha value is -0.900. The maximum absolute atomic E-state index is 5.62. The number of nitrogens with zero attached hydrogens (tertiary/aromatic N) is 2. The second-order valence-electron chi connectivity index (χ2n) is 5.06. The molecule has 1 aromatic carbocycles. The lowest BCUT2D eigenvalue weighted by Crippen LogP contribution is -2.34. The number of hydrogen-bond donors (Lipinski definition) is 1. The molecule has 2 N–H and O–H groups in total. The molecule has 0 spiro atoms. The lowest BCUT2D eigenvalue weighted by atomic mass is 10.1. The summed E-state index contributed by atoms with van der Waals surface area (Å²) in [5, 5.41) is 0.